The molecule has 0 bridgehead atoms. The zero-order valence-corrected chi connectivity index (χ0v) is 10.8. The van der Waals surface area contributed by atoms with E-state index in [9.17, 15) is 15.0 Å². The Morgan fingerprint density at radius 2 is 2.11 bits per heavy atom. The molecule has 1 aliphatic rings. The molecule has 4 N–H and O–H groups in total. The van der Waals surface area contributed by atoms with Crippen LogP contribution in [0, 0.1) is 0 Å². The Balaban J connectivity index is 1.93. The summed E-state index contributed by atoms with van der Waals surface area (Å²) in [4.78, 5) is 13.8. The minimum Gasteiger partial charge on any atom is -0.508 e. The Morgan fingerprint density at radius 3 is 2.74 bits per heavy atom. The van der Waals surface area contributed by atoms with Gasteiger partial charge in [-0.2, -0.15) is 0 Å². The van der Waals surface area contributed by atoms with Crippen molar-refractivity contribution in [2.24, 2.45) is 5.73 Å². The maximum Gasteiger partial charge on any atom is 0.239 e. The van der Waals surface area contributed by atoms with Crippen LogP contribution >= 0.6 is 0 Å². The van der Waals surface area contributed by atoms with E-state index in [0.29, 0.717) is 19.5 Å². The number of piperidine rings is 1. The highest BCUT2D eigenvalue weighted by molar-refractivity contribution is 5.82. The molecule has 5 nitrogen and oxygen atoms in total. The van der Waals surface area contributed by atoms with Crippen molar-refractivity contribution in [3.8, 4) is 5.75 Å². The molecular formula is C14H20N2O3. The van der Waals surface area contributed by atoms with Crippen LogP contribution in [0.4, 0.5) is 0 Å². The average Bonchev–Trinajstić information content (AvgIpc) is 2.40. The van der Waals surface area contributed by atoms with Gasteiger partial charge in [0.05, 0.1) is 12.1 Å². The van der Waals surface area contributed by atoms with Crippen LogP contribution in [0.25, 0.3) is 0 Å². The third-order valence-corrected chi connectivity index (χ3v) is 3.42. The van der Waals surface area contributed by atoms with Crippen LogP contribution in [0.15, 0.2) is 24.3 Å². The fraction of sp³-hybridized carbons (Fsp3) is 0.500. The molecule has 5 heteroatoms. The summed E-state index contributed by atoms with van der Waals surface area (Å²) >= 11 is 0. The quantitative estimate of drug-likeness (QED) is 0.730. The van der Waals surface area contributed by atoms with Crippen LogP contribution in [0.2, 0.25) is 0 Å². The van der Waals surface area contributed by atoms with E-state index < -0.39 is 12.1 Å². The summed E-state index contributed by atoms with van der Waals surface area (Å²) in [6.45, 7) is 1.04. The van der Waals surface area contributed by atoms with E-state index in [1.165, 1.54) is 0 Å². The molecule has 1 saturated heterocycles. The molecular weight excluding hydrogens is 244 g/mol. The molecule has 0 aliphatic carbocycles. The lowest BCUT2D eigenvalue weighted by molar-refractivity contribution is -0.135. The topological polar surface area (TPSA) is 86.8 Å². The first-order valence-corrected chi connectivity index (χ1v) is 6.56. The fourth-order valence-corrected chi connectivity index (χ4v) is 2.36. The number of nitrogens with two attached hydrogens (primary N) is 1. The van der Waals surface area contributed by atoms with Crippen molar-refractivity contribution in [2.45, 2.75) is 31.4 Å². The fourth-order valence-electron chi connectivity index (χ4n) is 2.36. The van der Waals surface area contributed by atoms with Crippen molar-refractivity contribution in [1.82, 2.24) is 4.90 Å². The van der Waals surface area contributed by atoms with Crippen LogP contribution in [-0.4, -0.2) is 46.3 Å². The number of nitrogens with zero attached hydrogens (tertiary/aromatic N) is 1. The number of phenols is 1. The molecule has 0 radical (unpaired) electrons. The van der Waals surface area contributed by atoms with Gasteiger partial charge in [-0.25, -0.2) is 0 Å². The van der Waals surface area contributed by atoms with Crippen molar-refractivity contribution in [3.05, 3.63) is 29.8 Å². The van der Waals surface area contributed by atoms with Crippen LogP contribution in [0.1, 0.15) is 18.4 Å². The Morgan fingerprint density at radius 1 is 1.42 bits per heavy atom. The number of carbonyl (C=O) groups is 1. The van der Waals surface area contributed by atoms with Gasteiger partial charge in [-0.3, -0.25) is 4.79 Å². The molecule has 2 unspecified atom stereocenters. The van der Waals surface area contributed by atoms with Crippen LogP contribution in [0.3, 0.4) is 0 Å². The largest absolute Gasteiger partial charge is 0.508 e. The lowest BCUT2D eigenvalue weighted by Gasteiger charge is -2.32. The Kier molecular flexibility index (Phi) is 4.39. The summed E-state index contributed by atoms with van der Waals surface area (Å²) in [7, 11) is 0. The molecule has 1 amide bonds. The highest BCUT2D eigenvalue weighted by atomic mass is 16.3. The molecule has 1 aliphatic heterocycles. The summed E-state index contributed by atoms with van der Waals surface area (Å²) in [6.07, 6.45) is 1.57. The first-order valence-electron chi connectivity index (χ1n) is 6.56. The Hall–Kier alpha value is -1.59. The lowest BCUT2D eigenvalue weighted by atomic mass is 10.0. The average molecular weight is 264 g/mol. The number of aliphatic hydroxyl groups excluding tert-OH is 1. The van der Waals surface area contributed by atoms with Crippen LogP contribution in [-0.2, 0) is 11.2 Å². The lowest BCUT2D eigenvalue weighted by Crippen LogP contribution is -2.50. The van der Waals surface area contributed by atoms with Crippen molar-refractivity contribution in [1.29, 1.82) is 0 Å². The molecule has 1 heterocycles. The van der Waals surface area contributed by atoms with E-state index in [0.717, 1.165) is 18.4 Å². The number of hydrogen-bond donors (Lipinski definition) is 3. The van der Waals surface area contributed by atoms with Gasteiger partial charge < -0.3 is 20.8 Å². The van der Waals surface area contributed by atoms with Gasteiger partial charge in [0, 0.05) is 13.1 Å². The van der Waals surface area contributed by atoms with Gasteiger partial charge in [0.2, 0.25) is 5.91 Å². The number of aromatic hydroxyl groups is 1. The molecule has 0 saturated carbocycles. The van der Waals surface area contributed by atoms with Gasteiger partial charge >= 0.3 is 0 Å². The summed E-state index contributed by atoms with van der Waals surface area (Å²) in [5.74, 6) is 0.0784. The van der Waals surface area contributed by atoms with Gasteiger partial charge in [-0.05, 0) is 37.0 Å². The standard InChI is InChI=1S/C14H20N2O3/c15-13(8-10-3-5-11(17)6-4-10)14(19)16-7-1-2-12(18)9-16/h3-6,12-13,17-18H,1-2,7-9,15H2. The van der Waals surface area contributed by atoms with E-state index in [1.807, 2.05) is 0 Å². The zero-order valence-electron chi connectivity index (χ0n) is 10.8. The summed E-state index contributed by atoms with van der Waals surface area (Å²) in [5.41, 5.74) is 6.84. The number of benzene rings is 1. The Labute approximate surface area is 112 Å². The van der Waals surface area contributed by atoms with Crippen molar-refractivity contribution < 1.29 is 15.0 Å². The van der Waals surface area contributed by atoms with Gasteiger partial charge in [-0.15, -0.1) is 0 Å². The molecule has 104 valence electrons. The summed E-state index contributed by atoms with van der Waals surface area (Å²) in [6, 6.07) is 6.07. The Bertz CT molecular complexity index is 433. The van der Waals surface area contributed by atoms with Gasteiger partial charge in [-0.1, -0.05) is 12.1 Å². The second-order valence-corrected chi connectivity index (χ2v) is 5.06. The van der Waals surface area contributed by atoms with Gasteiger partial charge in [0.25, 0.3) is 0 Å². The number of amides is 1. The van der Waals surface area contributed by atoms with Crippen molar-refractivity contribution in [2.75, 3.05) is 13.1 Å². The number of β-amino-alcohol motifs (C(OH)–C–C–N with tert-alkyl or cyclic N) is 1. The predicted octanol–water partition coefficient (Wildman–Crippen LogP) is 0.245. The number of rotatable bonds is 3. The van der Waals surface area contributed by atoms with Crippen molar-refractivity contribution in [3.63, 3.8) is 0 Å². The highest BCUT2D eigenvalue weighted by Gasteiger charge is 2.26. The van der Waals surface area contributed by atoms with E-state index in [-0.39, 0.29) is 11.7 Å². The molecule has 0 spiro atoms. The van der Waals surface area contributed by atoms with E-state index in [4.69, 9.17) is 5.73 Å². The predicted molar refractivity (Wildman–Crippen MR) is 71.6 cm³/mol. The second kappa shape index (κ2) is 6.04. The van der Waals surface area contributed by atoms with Crippen LogP contribution < -0.4 is 5.73 Å². The minimum atomic E-state index is -0.602. The minimum absolute atomic E-state index is 0.119. The van der Waals surface area contributed by atoms with E-state index >= 15 is 0 Å². The molecule has 0 aromatic heterocycles. The number of aliphatic hydroxyl groups is 1. The first kappa shape index (κ1) is 13.8. The molecule has 1 aromatic rings. The normalized spacial score (nSPS) is 21.2. The van der Waals surface area contributed by atoms with Gasteiger partial charge in [0.1, 0.15) is 5.75 Å². The molecule has 2 atom stereocenters. The molecule has 19 heavy (non-hydrogen) atoms. The maximum atomic E-state index is 12.2. The summed E-state index contributed by atoms with van der Waals surface area (Å²) < 4.78 is 0. The van der Waals surface area contributed by atoms with Crippen molar-refractivity contribution >= 4 is 5.91 Å². The van der Waals surface area contributed by atoms with E-state index in [2.05, 4.69) is 0 Å². The number of phenolic OH excluding ortho intramolecular Hbond substituents is 1. The summed E-state index contributed by atoms with van der Waals surface area (Å²) in [5, 5.41) is 18.8. The number of likely N-dealkylation sites (tertiary alicyclic amines) is 1. The molecule has 2 rings (SSSR count). The SMILES string of the molecule is NC(Cc1ccc(O)cc1)C(=O)N1CCCC(O)C1. The van der Waals surface area contributed by atoms with E-state index in [1.54, 1.807) is 29.2 Å². The molecule has 1 fully saturated rings. The smallest absolute Gasteiger partial charge is 0.239 e. The first-order chi connectivity index (χ1) is 9.06. The number of carbonyl (C=O) groups excluding carboxylic acids is 1. The highest BCUT2D eigenvalue weighted by Crippen LogP contribution is 2.14. The third kappa shape index (κ3) is 3.68. The third-order valence-electron chi connectivity index (χ3n) is 3.42. The second-order valence-electron chi connectivity index (χ2n) is 5.06. The molecule has 1 aromatic carbocycles. The maximum absolute atomic E-state index is 12.2. The number of hydrogen-bond acceptors (Lipinski definition) is 4. The zero-order chi connectivity index (χ0) is 13.8. The monoisotopic (exact) mass is 264 g/mol. The van der Waals surface area contributed by atoms with Crippen LogP contribution in [0.5, 0.6) is 5.75 Å². The van der Waals surface area contributed by atoms with Gasteiger partial charge in [0.15, 0.2) is 0 Å².